The fourth-order valence-corrected chi connectivity index (χ4v) is 2.89. The molecule has 0 saturated heterocycles. The lowest BCUT2D eigenvalue weighted by Crippen LogP contribution is -2.39. The van der Waals surface area contributed by atoms with Gasteiger partial charge in [0.1, 0.15) is 0 Å². The summed E-state index contributed by atoms with van der Waals surface area (Å²) < 4.78 is 5.84. The Balaban J connectivity index is 1.70. The van der Waals surface area contributed by atoms with Gasteiger partial charge in [-0.25, -0.2) is 4.98 Å². The summed E-state index contributed by atoms with van der Waals surface area (Å²) in [5.41, 5.74) is 6.82. The minimum Gasteiger partial charge on any atom is -0.439 e. The molecular weight excluding hydrogens is 286 g/mol. The van der Waals surface area contributed by atoms with Crippen LogP contribution in [0.2, 0.25) is 5.02 Å². The highest BCUT2D eigenvalue weighted by Gasteiger charge is 2.33. The first-order valence-electron chi connectivity index (χ1n) is 7.28. The molecule has 1 aromatic heterocycles. The predicted molar refractivity (Wildman–Crippen MR) is 84.0 cm³/mol. The molecule has 0 amide bonds. The molecule has 2 aromatic rings. The van der Waals surface area contributed by atoms with Crippen LogP contribution in [0.1, 0.15) is 18.7 Å². The van der Waals surface area contributed by atoms with Gasteiger partial charge in [0.25, 0.3) is 0 Å². The second kappa shape index (κ2) is 6.18. The Labute approximate surface area is 129 Å². The van der Waals surface area contributed by atoms with Crippen molar-refractivity contribution in [1.29, 1.82) is 0 Å². The van der Waals surface area contributed by atoms with Crippen LogP contribution in [0.5, 0.6) is 0 Å². The van der Waals surface area contributed by atoms with Crippen molar-refractivity contribution in [2.45, 2.75) is 25.4 Å². The third-order valence-corrected chi connectivity index (χ3v) is 4.26. The van der Waals surface area contributed by atoms with E-state index in [4.69, 9.17) is 21.8 Å². The lowest BCUT2D eigenvalue weighted by molar-refractivity contribution is 0.197. The summed E-state index contributed by atoms with van der Waals surface area (Å²) in [7, 11) is 2.08. The third kappa shape index (κ3) is 3.46. The van der Waals surface area contributed by atoms with Crippen molar-refractivity contribution < 1.29 is 4.42 Å². The zero-order chi connectivity index (χ0) is 14.8. The second-order valence-electron chi connectivity index (χ2n) is 5.68. The molecule has 1 aliphatic carbocycles. The topological polar surface area (TPSA) is 55.3 Å². The van der Waals surface area contributed by atoms with Crippen LogP contribution in [0, 0.1) is 5.92 Å². The number of benzene rings is 1. The molecule has 2 N–H and O–H groups in total. The molecule has 1 aliphatic rings. The van der Waals surface area contributed by atoms with E-state index >= 15 is 0 Å². The summed E-state index contributed by atoms with van der Waals surface area (Å²) in [6, 6.07) is 8.02. The molecule has 1 heterocycles. The second-order valence-corrected chi connectivity index (χ2v) is 6.12. The number of hydrogen-bond acceptors (Lipinski definition) is 4. The third-order valence-electron chi connectivity index (χ3n) is 4.02. The van der Waals surface area contributed by atoms with Crippen molar-refractivity contribution in [3.05, 3.63) is 41.4 Å². The maximum Gasteiger partial charge on any atom is 0.209 e. The summed E-state index contributed by atoms with van der Waals surface area (Å²) in [6.07, 6.45) is 4.32. The molecule has 3 rings (SSSR count). The van der Waals surface area contributed by atoms with Crippen molar-refractivity contribution in [3.8, 4) is 11.3 Å². The Morgan fingerprint density at radius 3 is 2.95 bits per heavy atom. The van der Waals surface area contributed by atoms with E-state index in [1.807, 2.05) is 24.3 Å². The van der Waals surface area contributed by atoms with Gasteiger partial charge in [-0.15, -0.1) is 0 Å². The monoisotopic (exact) mass is 305 g/mol. The number of likely N-dealkylation sites (N-methyl/N-ethyl adjacent to an activating group) is 1. The molecule has 0 radical (unpaired) electrons. The van der Waals surface area contributed by atoms with Crippen LogP contribution in [0.3, 0.4) is 0 Å². The van der Waals surface area contributed by atoms with E-state index in [0.29, 0.717) is 30.0 Å². The summed E-state index contributed by atoms with van der Waals surface area (Å²) >= 11 is 6.00. The van der Waals surface area contributed by atoms with Gasteiger partial charge in [-0.1, -0.05) is 23.7 Å². The van der Waals surface area contributed by atoms with Crippen LogP contribution in [-0.4, -0.2) is 29.5 Å². The molecule has 0 aliphatic heterocycles. The van der Waals surface area contributed by atoms with Crippen molar-refractivity contribution in [3.63, 3.8) is 0 Å². The van der Waals surface area contributed by atoms with Gasteiger partial charge >= 0.3 is 0 Å². The number of nitrogens with two attached hydrogens (primary N) is 1. The fraction of sp³-hybridized carbons (Fsp3) is 0.438. The largest absolute Gasteiger partial charge is 0.439 e. The van der Waals surface area contributed by atoms with Gasteiger partial charge < -0.3 is 10.2 Å². The Morgan fingerprint density at radius 1 is 1.48 bits per heavy atom. The molecule has 0 bridgehead atoms. The summed E-state index contributed by atoms with van der Waals surface area (Å²) in [4.78, 5) is 6.61. The van der Waals surface area contributed by atoms with E-state index in [0.717, 1.165) is 17.2 Å². The van der Waals surface area contributed by atoms with E-state index in [-0.39, 0.29) is 0 Å². The minimum absolute atomic E-state index is 0.423. The zero-order valence-corrected chi connectivity index (χ0v) is 12.9. The molecule has 1 aromatic carbocycles. The molecule has 1 atom stereocenters. The van der Waals surface area contributed by atoms with E-state index in [9.17, 15) is 0 Å². The number of aromatic nitrogens is 1. The van der Waals surface area contributed by atoms with Crippen molar-refractivity contribution in [2.75, 3.05) is 13.6 Å². The first kappa shape index (κ1) is 14.6. The zero-order valence-electron chi connectivity index (χ0n) is 12.1. The van der Waals surface area contributed by atoms with Gasteiger partial charge in [0, 0.05) is 23.2 Å². The first-order valence-corrected chi connectivity index (χ1v) is 7.66. The Hall–Kier alpha value is -1.36. The molecule has 4 nitrogen and oxygen atoms in total. The summed E-state index contributed by atoms with van der Waals surface area (Å²) in [6.45, 7) is 1.36. The van der Waals surface area contributed by atoms with Crippen LogP contribution >= 0.6 is 11.6 Å². The van der Waals surface area contributed by atoms with Crippen molar-refractivity contribution in [1.82, 2.24) is 9.88 Å². The normalized spacial score (nSPS) is 16.4. The quantitative estimate of drug-likeness (QED) is 0.890. The highest BCUT2D eigenvalue weighted by atomic mass is 35.5. The van der Waals surface area contributed by atoms with Gasteiger partial charge in [0.05, 0.1) is 12.7 Å². The van der Waals surface area contributed by atoms with Crippen LogP contribution in [0.4, 0.5) is 0 Å². The fourth-order valence-electron chi connectivity index (χ4n) is 2.70. The number of hydrogen-bond donors (Lipinski definition) is 1. The number of nitrogens with zero attached hydrogens (tertiary/aromatic N) is 2. The number of oxazole rings is 1. The molecule has 1 unspecified atom stereocenters. The van der Waals surface area contributed by atoms with Crippen molar-refractivity contribution in [2.24, 2.45) is 11.7 Å². The standard InChI is InChI=1S/C16H20ClN3O/c1-20(14(8-18)11-5-6-11)10-16-19-9-15(21-16)12-3-2-4-13(17)7-12/h2-4,7,9,11,14H,5-6,8,10,18H2,1H3. The lowest BCUT2D eigenvalue weighted by atomic mass is 10.1. The SMILES string of the molecule is CN(Cc1ncc(-c2cccc(Cl)c2)o1)C(CN)C1CC1. The van der Waals surface area contributed by atoms with Crippen LogP contribution in [0.25, 0.3) is 11.3 Å². The molecule has 0 spiro atoms. The predicted octanol–water partition coefficient (Wildman–Crippen LogP) is 3.16. The average Bonchev–Trinajstić information content (AvgIpc) is 3.18. The first-order chi connectivity index (χ1) is 10.2. The smallest absolute Gasteiger partial charge is 0.209 e. The van der Waals surface area contributed by atoms with Crippen LogP contribution in [0.15, 0.2) is 34.9 Å². The van der Waals surface area contributed by atoms with Gasteiger partial charge in [-0.2, -0.15) is 0 Å². The Kier molecular flexibility index (Phi) is 4.29. The molecule has 1 saturated carbocycles. The summed E-state index contributed by atoms with van der Waals surface area (Å²) in [5, 5.41) is 0.694. The van der Waals surface area contributed by atoms with Crippen molar-refractivity contribution >= 4 is 11.6 Å². The summed E-state index contributed by atoms with van der Waals surface area (Å²) in [5.74, 6) is 2.20. The lowest BCUT2D eigenvalue weighted by Gasteiger charge is -2.25. The molecule has 5 heteroatoms. The Morgan fingerprint density at radius 2 is 2.29 bits per heavy atom. The average molecular weight is 306 g/mol. The highest BCUT2D eigenvalue weighted by molar-refractivity contribution is 6.30. The molecular formula is C16H20ClN3O. The molecule has 21 heavy (non-hydrogen) atoms. The maximum absolute atomic E-state index is 6.00. The van der Waals surface area contributed by atoms with E-state index in [1.54, 1.807) is 6.20 Å². The molecule has 112 valence electrons. The van der Waals surface area contributed by atoms with Crippen LogP contribution in [-0.2, 0) is 6.54 Å². The van der Waals surface area contributed by atoms with Gasteiger partial charge in [-0.3, -0.25) is 4.90 Å². The van der Waals surface area contributed by atoms with Crippen LogP contribution < -0.4 is 5.73 Å². The number of halogens is 1. The van der Waals surface area contributed by atoms with Gasteiger partial charge in [0.2, 0.25) is 5.89 Å². The van der Waals surface area contributed by atoms with Gasteiger partial charge in [0.15, 0.2) is 5.76 Å². The highest BCUT2D eigenvalue weighted by Crippen LogP contribution is 2.35. The van der Waals surface area contributed by atoms with Gasteiger partial charge in [-0.05, 0) is 37.9 Å². The maximum atomic E-state index is 6.00. The van der Waals surface area contributed by atoms with E-state index in [1.165, 1.54) is 12.8 Å². The van der Waals surface area contributed by atoms with E-state index in [2.05, 4.69) is 16.9 Å². The Bertz CT molecular complexity index is 609. The van der Waals surface area contributed by atoms with E-state index < -0.39 is 0 Å². The number of rotatable bonds is 6. The minimum atomic E-state index is 0.423. The molecule has 1 fully saturated rings.